The number of esters is 1. The molecule has 0 aromatic heterocycles. The van der Waals surface area contributed by atoms with Gasteiger partial charge >= 0.3 is 5.97 Å². The van der Waals surface area contributed by atoms with Gasteiger partial charge in [-0.25, -0.2) is 0 Å². The van der Waals surface area contributed by atoms with Crippen molar-refractivity contribution in [2.75, 3.05) is 6.54 Å². The summed E-state index contributed by atoms with van der Waals surface area (Å²) >= 11 is 0. The topological polar surface area (TPSA) is 55.4 Å². The van der Waals surface area contributed by atoms with Crippen LogP contribution in [0, 0.1) is 12.3 Å². The van der Waals surface area contributed by atoms with Gasteiger partial charge in [0, 0.05) is 12.0 Å². The van der Waals surface area contributed by atoms with Crippen LogP contribution in [0.15, 0.2) is 18.2 Å². The molecule has 1 N–H and O–H groups in total. The van der Waals surface area contributed by atoms with E-state index in [4.69, 9.17) is 4.74 Å². The van der Waals surface area contributed by atoms with Crippen LogP contribution in [0.2, 0.25) is 0 Å². The number of amides is 1. The molecule has 0 radical (unpaired) electrons. The normalized spacial score (nSPS) is 12.0. The van der Waals surface area contributed by atoms with Crippen molar-refractivity contribution in [2.45, 2.75) is 60.3 Å². The van der Waals surface area contributed by atoms with Gasteiger partial charge in [0.05, 0.1) is 6.42 Å². The minimum absolute atomic E-state index is 0.0601. The molecule has 1 aromatic rings. The maximum Gasteiger partial charge on any atom is 0.312 e. The highest BCUT2D eigenvalue weighted by atomic mass is 16.5. The van der Waals surface area contributed by atoms with E-state index >= 15 is 0 Å². The highest BCUT2D eigenvalue weighted by Crippen LogP contribution is 2.27. The van der Waals surface area contributed by atoms with Gasteiger partial charge in [-0.15, -0.1) is 0 Å². The van der Waals surface area contributed by atoms with Crippen molar-refractivity contribution in [3.8, 4) is 5.75 Å². The van der Waals surface area contributed by atoms with Crippen LogP contribution < -0.4 is 10.1 Å². The number of rotatable bonds is 4. The van der Waals surface area contributed by atoms with E-state index in [0.717, 1.165) is 5.56 Å². The first-order chi connectivity index (χ1) is 10.4. The van der Waals surface area contributed by atoms with Crippen LogP contribution in [-0.4, -0.2) is 18.4 Å². The summed E-state index contributed by atoms with van der Waals surface area (Å²) in [4.78, 5) is 23.6. The Morgan fingerprint density at radius 2 is 1.70 bits per heavy atom. The van der Waals surface area contributed by atoms with E-state index in [-0.39, 0.29) is 30.3 Å². The zero-order valence-electron chi connectivity index (χ0n) is 15.4. The lowest BCUT2D eigenvalue weighted by atomic mass is 9.86. The summed E-state index contributed by atoms with van der Waals surface area (Å²) in [6.07, 6.45) is 0.155. The maximum absolute atomic E-state index is 11.9. The fourth-order valence-corrected chi connectivity index (χ4v) is 1.95. The van der Waals surface area contributed by atoms with Crippen molar-refractivity contribution in [1.29, 1.82) is 0 Å². The Kier molecular flexibility index (Phi) is 5.98. The molecule has 0 heterocycles. The Morgan fingerprint density at radius 3 is 2.17 bits per heavy atom. The highest BCUT2D eigenvalue weighted by Gasteiger charge is 2.21. The molecule has 23 heavy (non-hydrogen) atoms. The van der Waals surface area contributed by atoms with Crippen LogP contribution in [-0.2, 0) is 15.0 Å². The molecule has 1 rings (SSSR count). The van der Waals surface area contributed by atoms with Crippen LogP contribution in [0.4, 0.5) is 0 Å². The van der Waals surface area contributed by atoms with E-state index in [1.807, 2.05) is 45.9 Å². The van der Waals surface area contributed by atoms with Crippen LogP contribution in [0.3, 0.4) is 0 Å². The molecule has 0 atom stereocenters. The van der Waals surface area contributed by atoms with Crippen molar-refractivity contribution in [3.05, 3.63) is 29.3 Å². The third-order valence-corrected chi connectivity index (χ3v) is 3.56. The summed E-state index contributed by atoms with van der Waals surface area (Å²) in [5, 5.41) is 2.74. The summed E-state index contributed by atoms with van der Waals surface area (Å²) in [6.45, 7) is 14.2. The quantitative estimate of drug-likeness (QED) is 0.679. The fraction of sp³-hybridized carbons (Fsp3) is 0.579. The zero-order valence-corrected chi connectivity index (χ0v) is 15.4. The number of nitrogens with one attached hydrogen (secondary N) is 1. The van der Waals surface area contributed by atoms with Crippen LogP contribution >= 0.6 is 0 Å². The molecule has 0 unspecified atom stereocenters. The Bertz CT molecular complexity index is 577. The number of hydrogen-bond donors (Lipinski definition) is 1. The first-order valence-electron chi connectivity index (χ1n) is 8.01. The minimum Gasteiger partial charge on any atom is -0.426 e. The summed E-state index contributed by atoms with van der Waals surface area (Å²) < 4.78 is 5.39. The second kappa shape index (κ2) is 7.16. The van der Waals surface area contributed by atoms with Gasteiger partial charge in [-0.3, -0.25) is 9.59 Å². The first kappa shape index (κ1) is 19.2. The van der Waals surface area contributed by atoms with E-state index in [9.17, 15) is 9.59 Å². The fourth-order valence-electron chi connectivity index (χ4n) is 1.95. The average molecular weight is 319 g/mol. The molecule has 0 spiro atoms. The van der Waals surface area contributed by atoms with E-state index in [2.05, 4.69) is 26.1 Å². The van der Waals surface area contributed by atoms with Gasteiger partial charge in [0.25, 0.3) is 0 Å². The Balaban J connectivity index is 2.57. The van der Waals surface area contributed by atoms with Gasteiger partial charge < -0.3 is 10.1 Å². The smallest absolute Gasteiger partial charge is 0.312 e. The van der Waals surface area contributed by atoms with Gasteiger partial charge in [0.2, 0.25) is 5.91 Å². The van der Waals surface area contributed by atoms with Crippen molar-refractivity contribution in [1.82, 2.24) is 5.32 Å². The molecular formula is C19H29NO3. The summed E-state index contributed by atoms with van der Waals surface area (Å²) in [5.41, 5.74) is 1.74. The number of aryl methyl sites for hydroxylation is 1. The molecule has 0 aliphatic rings. The Labute approximate surface area is 139 Å². The second-order valence-electron chi connectivity index (χ2n) is 7.96. The Hall–Kier alpha value is -1.84. The van der Waals surface area contributed by atoms with Gasteiger partial charge in [0.15, 0.2) is 0 Å². The molecule has 4 heteroatoms. The van der Waals surface area contributed by atoms with E-state index in [1.165, 1.54) is 5.56 Å². The number of benzene rings is 1. The number of carbonyl (C=O) groups is 2. The number of carbonyl (C=O) groups excluding carboxylic acids is 2. The average Bonchev–Trinajstić information content (AvgIpc) is 2.38. The number of hydrogen-bond acceptors (Lipinski definition) is 3. The van der Waals surface area contributed by atoms with E-state index in [0.29, 0.717) is 5.75 Å². The van der Waals surface area contributed by atoms with Gasteiger partial charge in [0.1, 0.15) is 5.75 Å². The van der Waals surface area contributed by atoms with Gasteiger partial charge in [-0.1, -0.05) is 53.7 Å². The SMILES string of the molecule is Cc1cc(C(C)(C)C)ccc1OC(=O)CCNC(=O)C(C)(C)C. The standard InChI is InChI=1S/C19H29NO3/c1-13-12-14(18(2,3)4)8-9-15(13)23-16(21)10-11-20-17(22)19(5,6)7/h8-9,12H,10-11H2,1-7H3,(H,20,22). The lowest BCUT2D eigenvalue weighted by molar-refractivity contribution is -0.134. The maximum atomic E-state index is 11.9. The molecule has 0 aliphatic carbocycles. The number of ether oxygens (including phenoxy) is 1. The Morgan fingerprint density at radius 1 is 1.09 bits per heavy atom. The predicted molar refractivity (Wildman–Crippen MR) is 92.6 cm³/mol. The third kappa shape index (κ3) is 6.05. The molecule has 128 valence electrons. The first-order valence-corrected chi connectivity index (χ1v) is 8.01. The highest BCUT2D eigenvalue weighted by molar-refractivity contribution is 5.82. The summed E-state index contributed by atoms with van der Waals surface area (Å²) in [7, 11) is 0. The molecule has 1 amide bonds. The monoisotopic (exact) mass is 319 g/mol. The van der Waals surface area contributed by atoms with Gasteiger partial charge in [-0.05, 0) is 29.5 Å². The molecular weight excluding hydrogens is 290 g/mol. The summed E-state index contributed by atoms with van der Waals surface area (Å²) in [5.74, 6) is 0.159. The second-order valence-corrected chi connectivity index (χ2v) is 7.96. The van der Waals surface area contributed by atoms with E-state index in [1.54, 1.807) is 0 Å². The van der Waals surface area contributed by atoms with Crippen LogP contribution in [0.25, 0.3) is 0 Å². The molecule has 0 saturated heterocycles. The molecule has 0 fully saturated rings. The largest absolute Gasteiger partial charge is 0.426 e. The molecule has 0 saturated carbocycles. The van der Waals surface area contributed by atoms with Crippen molar-refractivity contribution in [3.63, 3.8) is 0 Å². The summed E-state index contributed by atoms with van der Waals surface area (Å²) in [6, 6.07) is 5.86. The molecule has 0 bridgehead atoms. The van der Waals surface area contributed by atoms with E-state index < -0.39 is 5.41 Å². The van der Waals surface area contributed by atoms with Crippen molar-refractivity contribution in [2.24, 2.45) is 5.41 Å². The molecule has 4 nitrogen and oxygen atoms in total. The van der Waals surface area contributed by atoms with Crippen molar-refractivity contribution < 1.29 is 14.3 Å². The lowest BCUT2D eigenvalue weighted by Gasteiger charge is -2.20. The minimum atomic E-state index is -0.455. The van der Waals surface area contributed by atoms with Gasteiger partial charge in [-0.2, -0.15) is 0 Å². The zero-order chi connectivity index (χ0) is 17.8. The van der Waals surface area contributed by atoms with Crippen molar-refractivity contribution >= 4 is 11.9 Å². The lowest BCUT2D eigenvalue weighted by Crippen LogP contribution is -2.36. The third-order valence-electron chi connectivity index (χ3n) is 3.56. The predicted octanol–water partition coefficient (Wildman–Crippen LogP) is 3.75. The molecule has 1 aromatic carbocycles. The van der Waals surface area contributed by atoms with Crippen LogP contribution in [0.5, 0.6) is 5.75 Å². The van der Waals surface area contributed by atoms with Crippen LogP contribution in [0.1, 0.15) is 59.1 Å². The molecule has 0 aliphatic heterocycles.